The Kier molecular flexibility index (Phi) is 6.48. The average Bonchev–Trinajstić information content (AvgIpc) is 2.46. The van der Waals surface area contributed by atoms with Gasteiger partial charge in [0, 0.05) is 7.11 Å². The molecule has 1 aromatic carbocycles. The Labute approximate surface area is 123 Å². The van der Waals surface area contributed by atoms with E-state index < -0.39 is 18.0 Å². The van der Waals surface area contributed by atoms with E-state index in [1.165, 1.54) is 7.11 Å². The van der Waals surface area contributed by atoms with Gasteiger partial charge in [-0.2, -0.15) is 0 Å². The van der Waals surface area contributed by atoms with Crippen molar-refractivity contribution >= 4 is 12.0 Å². The fraction of sp³-hybridized carbons (Fsp3) is 0.429. The quantitative estimate of drug-likeness (QED) is 0.701. The molecule has 0 bridgehead atoms. The molecule has 0 aromatic heterocycles. The molecule has 0 spiro atoms. The first-order valence-corrected chi connectivity index (χ1v) is 6.40. The topological polar surface area (TPSA) is 96.9 Å². The molecule has 0 saturated heterocycles. The molecule has 1 rings (SSSR count). The second kappa shape index (κ2) is 8.11. The minimum absolute atomic E-state index is 0.0975. The van der Waals surface area contributed by atoms with E-state index in [9.17, 15) is 9.59 Å². The standard InChI is InChI=1S/C14H20N2O5/c1-9(10-4-6-11(21-3)7-5-10)15-14(19)16-12(8-20-2)13(17)18/h4-7,9,12H,8H2,1-3H3,(H,17,18)(H2,15,16,19). The Balaban J connectivity index is 2.58. The lowest BCUT2D eigenvalue weighted by Gasteiger charge is -2.18. The first kappa shape index (κ1) is 16.8. The van der Waals surface area contributed by atoms with E-state index in [1.807, 2.05) is 12.1 Å². The molecule has 0 aliphatic rings. The summed E-state index contributed by atoms with van der Waals surface area (Å²) < 4.78 is 9.80. The van der Waals surface area contributed by atoms with E-state index in [1.54, 1.807) is 26.2 Å². The number of benzene rings is 1. The van der Waals surface area contributed by atoms with Crippen molar-refractivity contribution in [3.05, 3.63) is 29.8 Å². The SMILES string of the molecule is COCC(NC(=O)NC(C)c1ccc(OC)cc1)C(=O)O. The number of ether oxygens (including phenoxy) is 2. The number of carboxylic acid groups (broad SMARTS) is 1. The first-order chi connectivity index (χ1) is 9.97. The van der Waals surface area contributed by atoms with Gasteiger partial charge in [0.1, 0.15) is 5.75 Å². The third kappa shape index (κ3) is 5.31. The molecule has 2 atom stereocenters. The van der Waals surface area contributed by atoms with Crippen LogP contribution < -0.4 is 15.4 Å². The molecule has 21 heavy (non-hydrogen) atoms. The Hall–Kier alpha value is -2.28. The second-order valence-electron chi connectivity index (χ2n) is 4.46. The van der Waals surface area contributed by atoms with Crippen LogP contribution in [0, 0.1) is 0 Å². The largest absolute Gasteiger partial charge is 0.497 e. The maximum Gasteiger partial charge on any atom is 0.328 e. The van der Waals surface area contributed by atoms with Crippen LogP contribution >= 0.6 is 0 Å². The molecule has 2 amide bonds. The molecule has 0 saturated carbocycles. The highest BCUT2D eigenvalue weighted by atomic mass is 16.5. The monoisotopic (exact) mass is 296 g/mol. The zero-order valence-corrected chi connectivity index (χ0v) is 12.3. The highest BCUT2D eigenvalue weighted by molar-refractivity contribution is 5.82. The third-order valence-electron chi connectivity index (χ3n) is 2.90. The minimum Gasteiger partial charge on any atom is -0.497 e. The summed E-state index contributed by atoms with van der Waals surface area (Å²) in [6, 6.07) is 5.31. The summed E-state index contributed by atoms with van der Waals surface area (Å²) in [5, 5.41) is 13.9. The van der Waals surface area contributed by atoms with Crippen LogP contribution in [-0.4, -0.2) is 44.0 Å². The number of nitrogens with one attached hydrogen (secondary N) is 2. The molecule has 3 N–H and O–H groups in total. The summed E-state index contributed by atoms with van der Waals surface area (Å²) >= 11 is 0. The Morgan fingerprint density at radius 1 is 1.19 bits per heavy atom. The number of methoxy groups -OCH3 is 2. The second-order valence-corrected chi connectivity index (χ2v) is 4.46. The van der Waals surface area contributed by atoms with Gasteiger partial charge in [-0.25, -0.2) is 9.59 Å². The number of carboxylic acids is 1. The summed E-state index contributed by atoms with van der Waals surface area (Å²) in [5.41, 5.74) is 0.879. The maximum atomic E-state index is 11.8. The molecule has 116 valence electrons. The van der Waals surface area contributed by atoms with Crippen LogP contribution in [0.5, 0.6) is 5.75 Å². The molecule has 0 aliphatic heterocycles. The van der Waals surface area contributed by atoms with Crippen LogP contribution in [0.1, 0.15) is 18.5 Å². The third-order valence-corrected chi connectivity index (χ3v) is 2.90. The van der Waals surface area contributed by atoms with Crippen molar-refractivity contribution < 1.29 is 24.2 Å². The van der Waals surface area contributed by atoms with Crippen LogP contribution in [0.2, 0.25) is 0 Å². The number of hydrogen-bond donors (Lipinski definition) is 3. The number of aliphatic carboxylic acids is 1. The molecule has 0 heterocycles. The van der Waals surface area contributed by atoms with E-state index >= 15 is 0 Å². The number of carbonyl (C=O) groups is 2. The summed E-state index contributed by atoms with van der Waals surface area (Å²) in [5.74, 6) is -0.425. The molecule has 7 nitrogen and oxygen atoms in total. The van der Waals surface area contributed by atoms with Crippen molar-refractivity contribution in [2.24, 2.45) is 0 Å². The van der Waals surface area contributed by atoms with Gasteiger partial charge in [-0.1, -0.05) is 12.1 Å². The number of urea groups is 1. The molecular formula is C14H20N2O5. The van der Waals surface area contributed by atoms with Crippen molar-refractivity contribution in [2.75, 3.05) is 20.8 Å². The zero-order valence-electron chi connectivity index (χ0n) is 12.3. The fourth-order valence-electron chi connectivity index (χ4n) is 1.71. The minimum atomic E-state index is -1.15. The van der Waals surface area contributed by atoms with Gasteiger partial charge in [0.15, 0.2) is 6.04 Å². The smallest absolute Gasteiger partial charge is 0.328 e. The van der Waals surface area contributed by atoms with E-state index in [4.69, 9.17) is 14.6 Å². The Bertz CT molecular complexity index is 475. The summed E-state index contributed by atoms with van der Waals surface area (Å²) in [6.07, 6.45) is 0. The highest BCUT2D eigenvalue weighted by Gasteiger charge is 2.20. The first-order valence-electron chi connectivity index (χ1n) is 6.40. The lowest BCUT2D eigenvalue weighted by molar-refractivity contribution is -0.140. The fourth-order valence-corrected chi connectivity index (χ4v) is 1.71. The number of hydrogen-bond acceptors (Lipinski definition) is 4. The van der Waals surface area contributed by atoms with Gasteiger partial charge in [0.05, 0.1) is 19.8 Å². The van der Waals surface area contributed by atoms with Crippen molar-refractivity contribution in [3.8, 4) is 5.75 Å². The van der Waals surface area contributed by atoms with Crippen LogP contribution in [-0.2, 0) is 9.53 Å². The molecule has 2 unspecified atom stereocenters. The Morgan fingerprint density at radius 2 is 1.81 bits per heavy atom. The number of carbonyl (C=O) groups excluding carboxylic acids is 1. The molecule has 0 aliphatic carbocycles. The highest BCUT2D eigenvalue weighted by Crippen LogP contribution is 2.16. The van der Waals surface area contributed by atoms with E-state index in [-0.39, 0.29) is 12.6 Å². The van der Waals surface area contributed by atoms with Gasteiger partial charge in [-0.3, -0.25) is 0 Å². The van der Waals surface area contributed by atoms with Crippen LogP contribution in [0.25, 0.3) is 0 Å². The number of amides is 2. The van der Waals surface area contributed by atoms with Gasteiger partial charge >= 0.3 is 12.0 Å². The van der Waals surface area contributed by atoms with Crippen LogP contribution in [0.4, 0.5) is 4.79 Å². The molecule has 0 radical (unpaired) electrons. The lowest BCUT2D eigenvalue weighted by Crippen LogP contribution is -2.48. The van der Waals surface area contributed by atoms with E-state index in [0.717, 1.165) is 11.3 Å². The van der Waals surface area contributed by atoms with Crippen molar-refractivity contribution in [1.29, 1.82) is 0 Å². The molecule has 1 aromatic rings. The van der Waals surface area contributed by atoms with Crippen LogP contribution in [0.15, 0.2) is 24.3 Å². The van der Waals surface area contributed by atoms with Gasteiger partial charge in [-0.05, 0) is 24.6 Å². The normalized spacial score (nSPS) is 13.1. The van der Waals surface area contributed by atoms with E-state index in [2.05, 4.69) is 10.6 Å². The lowest BCUT2D eigenvalue weighted by atomic mass is 10.1. The molecule has 0 fully saturated rings. The van der Waals surface area contributed by atoms with Crippen LogP contribution in [0.3, 0.4) is 0 Å². The summed E-state index contributed by atoms with van der Waals surface area (Å²) in [6.45, 7) is 1.70. The average molecular weight is 296 g/mol. The maximum absolute atomic E-state index is 11.8. The predicted octanol–water partition coefficient (Wildman–Crippen LogP) is 1.16. The van der Waals surface area contributed by atoms with Gasteiger partial charge < -0.3 is 25.2 Å². The number of rotatable bonds is 7. The predicted molar refractivity (Wildman–Crippen MR) is 76.4 cm³/mol. The zero-order chi connectivity index (χ0) is 15.8. The summed E-state index contributed by atoms with van der Waals surface area (Å²) in [4.78, 5) is 22.7. The van der Waals surface area contributed by atoms with Crippen molar-refractivity contribution in [3.63, 3.8) is 0 Å². The molecular weight excluding hydrogens is 276 g/mol. The van der Waals surface area contributed by atoms with Gasteiger partial charge in [-0.15, -0.1) is 0 Å². The Morgan fingerprint density at radius 3 is 2.29 bits per heavy atom. The molecule has 7 heteroatoms. The van der Waals surface area contributed by atoms with E-state index in [0.29, 0.717) is 0 Å². The van der Waals surface area contributed by atoms with Crippen molar-refractivity contribution in [1.82, 2.24) is 10.6 Å². The van der Waals surface area contributed by atoms with Crippen molar-refractivity contribution in [2.45, 2.75) is 19.0 Å². The van der Waals surface area contributed by atoms with Gasteiger partial charge in [0.25, 0.3) is 0 Å². The summed E-state index contributed by atoms with van der Waals surface area (Å²) in [7, 11) is 2.95. The van der Waals surface area contributed by atoms with Gasteiger partial charge in [0.2, 0.25) is 0 Å².